The minimum absolute atomic E-state index is 0.682. The molecule has 0 aliphatic carbocycles. The Morgan fingerprint density at radius 1 is 0.283 bits per heavy atom. The molecule has 0 unspecified atom stereocenters. The fourth-order valence-corrected chi connectivity index (χ4v) is 7.10. The van der Waals surface area contributed by atoms with Gasteiger partial charge in [-0.15, -0.1) is 0 Å². The van der Waals surface area contributed by atoms with E-state index in [2.05, 4.69) is 77.1 Å². The maximum Gasteiger partial charge on any atom is 0.161 e. The first kappa shape index (κ1) is 42.4. The molecule has 0 bridgehead atoms. The summed E-state index contributed by atoms with van der Waals surface area (Å²) in [5.41, 5.74) is 0. The summed E-state index contributed by atoms with van der Waals surface area (Å²) < 4.78 is 32.6. The molecule has 0 N–H and O–H groups in total. The van der Waals surface area contributed by atoms with Crippen molar-refractivity contribution >= 4 is 32.3 Å². The normalized spacial score (nSPS) is 11.5. The highest BCUT2D eigenvalue weighted by atomic mass is 16.5. The second-order valence-electron chi connectivity index (χ2n) is 14.9. The molecule has 0 atom stereocenters. The molecule has 4 aromatic rings. The number of benzene rings is 4. The molecule has 0 fully saturated rings. The van der Waals surface area contributed by atoms with Gasteiger partial charge in [0.05, 0.1) is 33.0 Å². The van der Waals surface area contributed by atoms with Crippen molar-refractivity contribution in [3.05, 3.63) is 42.5 Å². The van der Waals surface area contributed by atoms with Gasteiger partial charge in [-0.1, -0.05) is 137 Å². The SMILES string of the molecule is CCCCCCOc1ccc2c(c1)c1cc(OCCCCCC)c(OCCCCCC)cc1c1cc(OCCCCCC)c(OCCCCCC)cc21. The summed E-state index contributed by atoms with van der Waals surface area (Å²) in [5.74, 6) is 4.23. The zero-order valence-electron chi connectivity index (χ0n) is 34.3. The Morgan fingerprint density at radius 2 is 0.566 bits per heavy atom. The van der Waals surface area contributed by atoms with Gasteiger partial charge in [-0.2, -0.15) is 0 Å². The number of unbranched alkanes of at least 4 members (excludes halogenated alkanes) is 15. The number of hydrogen-bond acceptors (Lipinski definition) is 5. The molecule has 0 radical (unpaired) electrons. The van der Waals surface area contributed by atoms with Crippen molar-refractivity contribution < 1.29 is 23.7 Å². The maximum absolute atomic E-state index is 6.58. The van der Waals surface area contributed by atoms with Gasteiger partial charge in [0.15, 0.2) is 23.0 Å². The third-order valence-corrected chi connectivity index (χ3v) is 10.3. The van der Waals surface area contributed by atoms with E-state index in [1.165, 1.54) is 102 Å². The molecule has 0 aliphatic rings. The Hall–Kier alpha value is -3.34. The van der Waals surface area contributed by atoms with Gasteiger partial charge in [-0.3, -0.25) is 0 Å². The summed E-state index contributed by atoms with van der Waals surface area (Å²) in [6.45, 7) is 14.7. The molecule has 0 heterocycles. The Labute approximate surface area is 322 Å². The van der Waals surface area contributed by atoms with Gasteiger partial charge in [0.2, 0.25) is 0 Å². The van der Waals surface area contributed by atoms with Crippen molar-refractivity contribution in [3.8, 4) is 28.7 Å². The Balaban J connectivity index is 1.85. The van der Waals surface area contributed by atoms with Crippen molar-refractivity contribution in [3.63, 3.8) is 0 Å². The van der Waals surface area contributed by atoms with Crippen LogP contribution in [0.3, 0.4) is 0 Å². The maximum atomic E-state index is 6.58. The van der Waals surface area contributed by atoms with Crippen LogP contribution in [0.25, 0.3) is 32.3 Å². The fourth-order valence-electron chi connectivity index (χ4n) is 7.10. The van der Waals surface area contributed by atoms with Crippen LogP contribution in [-0.4, -0.2) is 33.0 Å². The van der Waals surface area contributed by atoms with Gasteiger partial charge in [0.1, 0.15) is 5.75 Å². The highest BCUT2D eigenvalue weighted by molar-refractivity contribution is 6.26. The molecule has 0 aromatic heterocycles. The lowest BCUT2D eigenvalue weighted by Gasteiger charge is -2.19. The topological polar surface area (TPSA) is 46.2 Å². The summed E-state index contributed by atoms with van der Waals surface area (Å²) in [6, 6.07) is 15.5. The third-order valence-electron chi connectivity index (χ3n) is 10.3. The van der Waals surface area contributed by atoms with Crippen molar-refractivity contribution in [2.45, 2.75) is 163 Å². The minimum Gasteiger partial charge on any atom is -0.494 e. The zero-order chi connectivity index (χ0) is 37.5. The smallest absolute Gasteiger partial charge is 0.161 e. The molecular weight excluding hydrogens is 657 g/mol. The van der Waals surface area contributed by atoms with Crippen LogP contribution in [0.1, 0.15) is 163 Å². The summed E-state index contributed by atoms with van der Waals surface area (Å²) in [4.78, 5) is 0. The first-order valence-electron chi connectivity index (χ1n) is 21.8. The third kappa shape index (κ3) is 13.5. The van der Waals surface area contributed by atoms with Gasteiger partial charge in [-0.25, -0.2) is 0 Å². The minimum atomic E-state index is 0.682. The van der Waals surface area contributed by atoms with E-state index < -0.39 is 0 Å². The van der Waals surface area contributed by atoms with Crippen LogP contribution in [-0.2, 0) is 0 Å². The molecule has 4 aromatic carbocycles. The van der Waals surface area contributed by atoms with E-state index in [9.17, 15) is 0 Å². The second kappa shape index (κ2) is 24.9. The first-order chi connectivity index (χ1) is 26.1. The quantitative estimate of drug-likeness (QED) is 0.0395. The summed E-state index contributed by atoms with van der Waals surface area (Å²) in [6.07, 6.45) is 23.3. The van der Waals surface area contributed by atoms with Crippen LogP contribution in [0.5, 0.6) is 28.7 Å². The highest BCUT2D eigenvalue weighted by Gasteiger charge is 2.19. The van der Waals surface area contributed by atoms with E-state index in [4.69, 9.17) is 23.7 Å². The molecule has 53 heavy (non-hydrogen) atoms. The van der Waals surface area contributed by atoms with E-state index in [0.29, 0.717) is 26.4 Å². The van der Waals surface area contributed by atoms with Crippen LogP contribution >= 0.6 is 0 Å². The predicted octanol–water partition coefficient (Wildman–Crippen LogP) is 14.9. The molecule has 0 saturated heterocycles. The average molecular weight is 729 g/mol. The van der Waals surface area contributed by atoms with Crippen LogP contribution in [0.2, 0.25) is 0 Å². The lowest BCUT2D eigenvalue weighted by Crippen LogP contribution is -2.04. The van der Waals surface area contributed by atoms with Crippen LogP contribution in [0.4, 0.5) is 0 Å². The summed E-state index contributed by atoms with van der Waals surface area (Å²) in [7, 11) is 0. The zero-order valence-corrected chi connectivity index (χ0v) is 34.3. The van der Waals surface area contributed by atoms with Crippen molar-refractivity contribution in [2.75, 3.05) is 33.0 Å². The number of hydrogen-bond donors (Lipinski definition) is 0. The van der Waals surface area contributed by atoms with Gasteiger partial charge in [0.25, 0.3) is 0 Å². The molecule has 0 aliphatic heterocycles. The van der Waals surface area contributed by atoms with Crippen molar-refractivity contribution in [1.82, 2.24) is 0 Å². The molecule has 0 saturated carbocycles. The Morgan fingerprint density at radius 3 is 0.887 bits per heavy atom. The molecule has 4 rings (SSSR count). The van der Waals surface area contributed by atoms with Gasteiger partial charge in [0, 0.05) is 0 Å². The van der Waals surface area contributed by atoms with E-state index >= 15 is 0 Å². The van der Waals surface area contributed by atoms with Gasteiger partial charge < -0.3 is 23.7 Å². The highest BCUT2D eigenvalue weighted by Crippen LogP contribution is 2.45. The lowest BCUT2D eigenvalue weighted by molar-refractivity contribution is 0.259. The summed E-state index contributed by atoms with van der Waals surface area (Å²) in [5, 5.41) is 6.93. The molecule has 294 valence electrons. The Kier molecular flexibility index (Phi) is 19.9. The second-order valence-corrected chi connectivity index (χ2v) is 14.9. The first-order valence-corrected chi connectivity index (χ1v) is 21.8. The van der Waals surface area contributed by atoms with E-state index in [0.717, 1.165) is 94.4 Å². The van der Waals surface area contributed by atoms with Gasteiger partial charge >= 0.3 is 0 Å². The van der Waals surface area contributed by atoms with Gasteiger partial charge in [-0.05, 0) is 101 Å². The largest absolute Gasteiger partial charge is 0.494 e. The number of rotatable bonds is 30. The standard InChI is InChI=1S/C48H72O5/c1-6-11-16-21-28-49-38-26-27-39-40(33-38)42-35-46(51-30-23-18-13-8-3)48(53-32-25-20-15-10-5)37-44(42)43-36-47(52-31-24-19-14-9-4)45(34-41(39)43)50-29-22-17-12-7-2/h26-27,33-37H,6-25,28-32H2,1-5H3. The van der Waals surface area contributed by atoms with Crippen LogP contribution < -0.4 is 23.7 Å². The van der Waals surface area contributed by atoms with Crippen LogP contribution in [0.15, 0.2) is 42.5 Å². The van der Waals surface area contributed by atoms with E-state index in [-0.39, 0.29) is 0 Å². The van der Waals surface area contributed by atoms with Crippen molar-refractivity contribution in [2.24, 2.45) is 0 Å². The monoisotopic (exact) mass is 729 g/mol. The average Bonchev–Trinajstić information content (AvgIpc) is 3.17. The van der Waals surface area contributed by atoms with Crippen molar-refractivity contribution in [1.29, 1.82) is 0 Å². The molecule has 5 nitrogen and oxygen atoms in total. The van der Waals surface area contributed by atoms with E-state index in [1.54, 1.807) is 0 Å². The van der Waals surface area contributed by atoms with Crippen LogP contribution in [0, 0.1) is 0 Å². The summed E-state index contributed by atoms with van der Waals surface area (Å²) >= 11 is 0. The molecule has 0 amide bonds. The predicted molar refractivity (Wildman–Crippen MR) is 227 cm³/mol. The lowest BCUT2D eigenvalue weighted by atomic mass is 9.93. The molecule has 0 spiro atoms. The molecule has 5 heteroatoms. The fraction of sp³-hybridized carbons (Fsp3) is 0.625. The van der Waals surface area contributed by atoms with E-state index in [1.807, 2.05) is 0 Å². The number of ether oxygens (including phenoxy) is 5. The Bertz CT molecular complexity index is 1560. The molecular formula is C48H72O5. The number of fused-ring (bicyclic) bond motifs is 6.